The smallest absolute Gasteiger partial charge is 0.204 e. The summed E-state index contributed by atoms with van der Waals surface area (Å²) >= 11 is 6.44. The summed E-state index contributed by atoms with van der Waals surface area (Å²) in [5.41, 5.74) is 3.54. The Hall–Kier alpha value is -3.05. The summed E-state index contributed by atoms with van der Waals surface area (Å²) in [5.74, 6) is 1.18. The van der Waals surface area contributed by atoms with Crippen molar-refractivity contribution in [1.82, 2.24) is 9.55 Å². The molecule has 0 amide bonds. The van der Waals surface area contributed by atoms with Crippen molar-refractivity contribution in [3.63, 3.8) is 0 Å². The van der Waals surface area contributed by atoms with E-state index in [9.17, 15) is 4.39 Å². The number of benzene rings is 3. The standard InChI is InChI=1S/C24H21ClFN3O/c1-2-30-23-12-11-15(13-17(23)25)20-14-22(16-7-3-4-8-18(16)26)29-21-10-6-5-9-19(21)27-24(29)28-20/h3-13,20,22H,2,14H2,1H3,(H,27,28). The third-order valence-corrected chi connectivity index (χ3v) is 5.89. The zero-order valence-electron chi connectivity index (χ0n) is 16.5. The number of para-hydroxylation sites is 2. The topological polar surface area (TPSA) is 39.1 Å². The van der Waals surface area contributed by atoms with Gasteiger partial charge in [-0.1, -0.05) is 48.0 Å². The number of nitrogens with zero attached hydrogens (tertiary/aromatic N) is 2. The number of anilines is 1. The lowest BCUT2D eigenvalue weighted by Crippen LogP contribution is -2.27. The highest BCUT2D eigenvalue weighted by Gasteiger charge is 2.32. The van der Waals surface area contributed by atoms with Crippen LogP contribution in [0.2, 0.25) is 5.02 Å². The quantitative estimate of drug-likeness (QED) is 0.416. The van der Waals surface area contributed by atoms with Gasteiger partial charge in [0.2, 0.25) is 5.95 Å². The van der Waals surface area contributed by atoms with Gasteiger partial charge in [-0.3, -0.25) is 0 Å². The fourth-order valence-electron chi connectivity index (χ4n) is 4.24. The van der Waals surface area contributed by atoms with Crippen molar-refractivity contribution >= 4 is 28.6 Å². The molecule has 0 saturated heterocycles. The van der Waals surface area contributed by atoms with Crippen molar-refractivity contribution in [3.05, 3.63) is 88.7 Å². The Balaban J connectivity index is 1.62. The van der Waals surface area contributed by atoms with E-state index in [1.165, 1.54) is 6.07 Å². The van der Waals surface area contributed by atoms with E-state index in [1.807, 2.05) is 61.5 Å². The third kappa shape index (κ3) is 3.19. The van der Waals surface area contributed by atoms with Crippen LogP contribution in [0.1, 0.15) is 36.6 Å². The van der Waals surface area contributed by atoms with Gasteiger partial charge < -0.3 is 14.6 Å². The van der Waals surface area contributed by atoms with E-state index in [1.54, 1.807) is 6.07 Å². The van der Waals surface area contributed by atoms with Gasteiger partial charge >= 0.3 is 0 Å². The van der Waals surface area contributed by atoms with Crippen LogP contribution in [0.3, 0.4) is 0 Å². The Morgan fingerprint density at radius 3 is 2.73 bits per heavy atom. The van der Waals surface area contributed by atoms with Crippen LogP contribution in [-0.4, -0.2) is 16.2 Å². The molecule has 0 radical (unpaired) electrons. The SMILES string of the molecule is CCOc1ccc(C2CC(c3ccccc3F)n3c(nc4ccccc43)N2)cc1Cl. The number of aromatic nitrogens is 2. The molecule has 2 heterocycles. The van der Waals surface area contributed by atoms with Crippen LogP contribution < -0.4 is 10.1 Å². The monoisotopic (exact) mass is 421 g/mol. The molecule has 0 saturated carbocycles. The number of imidazole rings is 1. The highest BCUT2D eigenvalue weighted by atomic mass is 35.5. The van der Waals surface area contributed by atoms with E-state index in [0.29, 0.717) is 29.4 Å². The van der Waals surface area contributed by atoms with Crippen LogP contribution in [0, 0.1) is 5.82 Å². The highest BCUT2D eigenvalue weighted by molar-refractivity contribution is 6.32. The van der Waals surface area contributed by atoms with Crippen molar-refractivity contribution < 1.29 is 9.13 Å². The molecule has 4 aromatic rings. The summed E-state index contributed by atoms with van der Waals surface area (Å²) < 4.78 is 22.5. The Morgan fingerprint density at radius 1 is 1.13 bits per heavy atom. The van der Waals surface area contributed by atoms with E-state index >= 15 is 0 Å². The number of nitrogens with one attached hydrogen (secondary N) is 1. The fraction of sp³-hybridized carbons (Fsp3) is 0.208. The molecule has 1 aliphatic heterocycles. The zero-order valence-corrected chi connectivity index (χ0v) is 17.2. The van der Waals surface area contributed by atoms with Crippen molar-refractivity contribution in [2.24, 2.45) is 0 Å². The highest BCUT2D eigenvalue weighted by Crippen LogP contribution is 2.42. The van der Waals surface area contributed by atoms with Crippen LogP contribution in [-0.2, 0) is 0 Å². The first-order chi connectivity index (χ1) is 14.7. The molecule has 0 fully saturated rings. The first-order valence-corrected chi connectivity index (χ1v) is 10.4. The summed E-state index contributed by atoms with van der Waals surface area (Å²) in [7, 11) is 0. The maximum Gasteiger partial charge on any atom is 0.204 e. The Morgan fingerprint density at radius 2 is 1.93 bits per heavy atom. The normalized spacial score (nSPS) is 18.1. The molecule has 30 heavy (non-hydrogen) atoms. The maximum atomic E-state index is 14.8. The van der Waals surface area contributed by atoms with Crippen molar-refractivity contribution in [1.29, 1.82) is 0 Å². The van der Waals surface area contributed by atoms with Gasteiger partial charge in [-0.25, -0.2) is 9.37 Å². The first kappa shape index (κ1) is 18.9. The van der Waals surface area contributed by atoms with E-state index in [4.69, 9.17) is 21.3 Å². The van der Waals surface area contributed by atoms with Crippen LogP contribution in [0.4, 0.5) is 10.3 Å². The van der Waals surface area contributed by atoms with Gasteiger partial charge in [0.1, 0.15) is 11.6 Å². The summed E-state index contributed by atoms with van der Waals surface area (Å²) in [6.07, 6.45) is 0.665. The second-order valence-corrected chi connectivity index (χ2v) is 7.79. The van der Waals surface area contributed by atoms with Crippen LogP contribution in [0.25, 0.3) is 11.0 Å². The number of fused-ring (bicyclic) bond motifs is 3. The molecule has 6 heteroatoms. The number of hydrogen-bond acceptors (Lipinski definition) is 3. The molecule has 0 aliphatic carbocycles. The fourth-order valence-corrected chi connectivity index (χ4v) is 4.49. The molecular weight excluding hydrogens is 401 g/mol. The van der Waals surface area contributed by atoms with E-state index in [0.717, 1.165) is 22.5 Å². The maximum absolute atomic E-state index is 14.8. The summed E-state index contributed by atoms with van der Waals surface area (Å²) in [5, 5.41) is 4.10. The summed E-state index contributed by atoms with van der Waals surface area (Å²) in [6.45, 7) is 2.48. The molecule has 4 nitrogen and oxygen atoms in total. The van der Waals surface area contributed by atoms with Crippen LogP contribution >= 0.6 is 11.6 Å². The molecule has 1 aliphatic rings. The van der Waals surface area contributed by atoms with Crippen molar-refractivity contribution in [2.75, 3.05) is 11.9 Å². The van der Waals surface area contributed by atoms with E-state index in [-0.39, 0.29) is 17.9 Å². The molecule has 0 bridgehead atoms. The zero-order chi connectivity index (χ0) is 20.7. The Bertz CT molecular complexity index is 1220. The average Bonchev–Trinajstić information content (AvgIpc) is 3.14. The van der Waals surface area contributed by atoms with Gasteiger partial charge in [-0.15, -0.1) is 0 Å². The molecule has 1 N–H and O–H groups in total. The Kier molecular flexibility index (Phi) is 4.83. The molecule has 5 rings (SSSR count). The van der Waals surface area contributed by atoms with Gasteiger partial charge in [0.05, 0.1) is 34.7 Å². The summed E-state index contributed by atoms with van der Waals surface area (Å²) in [6, 6.07) is 20.5. The number of halogens is 2. The third-order valence-electron chi connectivity index (χ3n) is 5.59. The second-order valence-electron chi connectivity index (χ2n) is 7.39. The molecule has 3 aromatic carbocycles. The van der Waals surface area contributed by atoms with Crippen LogP contribution in [0.5, 0.6) is 5.75 Å². The Labute approximate surface area is 179 Å². The predicted molar refractivity (Wildman–Crippen MR) is 118 cm³/mol. The van der Waals surface area contributed by atoms with Gasteiger partial charge in [-0.05, 0) is 49.2 Å². The molecule has 0 spiro atoms. The van der Waals surface area contributed by atoms with E-state index < -0.39 is 0 Å². The molecule has 2 atom stereocenters. The minimum absolute atomic E-state index is 0.0629. The van der Waals surface area contributed by atoms with Crippen molar-refractivity contribution in [2.45, 2.75) is 25.4 Å². The number of ether oxygens (including phenoxy) is 1. The predicted octanol–water partition coefficient (Wildman–Crippen LogP) is 6.37. The lowest BCUT2D eigenvalue weighted by molar-refractivity contribution is 0.340. The lowest BCUT2D eigenvalue weighted by Gasteiger charge is -2.33. The minimum atomic E-state index is -0.211. The first-order valence-electron chi connectivity index (χ1n) is 10.1. The van der Waals surface area contributed by atoms with E-state index in [2.05, 4.69) is 9.88 Å². The van der Waals surface area contributed by atoms with Crippen LogP contribution in [0.15, 0.2) is 66.7 Å². The summed E-state index contributed by atoms with van der Waals surface area (Å²) in [4.78, 5) is 4.78. The second kappa shape index (κ2) is 7.65. The molecule has 1 aromatic heterocycles. The average molecular weight is 422 g/mol. The number of hydrogen-bond donors (Lipinski definition) is 1. The number of rotatable bonds is 4. The van der Waals surface area contributed by atoms with Gasteiger partial charge in [0.15, 0.2) is 0 Å². The van der Waals surface area contributed by atoms with Crippen molar-refractivity contribution in [3.8, 4) is 5.75 Å². The molecular formula is C24H21ClFN3O. The minimum Gasteiger partial charge on any atom is -0.492 e. The molecule has 152 valence electrons. The molecule has 2 unspecified atom stereocenters. The largest absolute Gasteiger partial charge is 0.492 e. The van der Waals surface area contributed by atoms with Gasteiger partial charge in [0.25, 0.3) is 0 Å². The van der Waals surface area contributed by atoms with Gasteiger partial charge in [-0.2, -0.15) is 0 Å². The van der Waals surface area contributed by atoms with Gasteiger partial charge in [0, 0.05) is 5.56 Å². The lowest BCUT2D eigenvalue weighted by atomic mass is 9.92.